The molecule has 1 fully saturated rings. The Morgan fingerprint density at radius 3 is 2.75 bits per heavy atom. The highest BCUT2D eigenvalue weighted by Gasteiger charge is 2.21. The summed E-state index contributed by atoms with van der Waals surface area (Å²) in [5.41, 5.74) is 1.08. The fourth-order valence-electron chi connectivity index (χ4n) is 2.52. The first kappa shape index (κ1) is 14.9. The molecule has 0 atom stereocenters. The van der Waals surface area contributed by atoms with Crippen molar-refractivity contribution in [3.63, 3.8) is 0 Å². The number of carbonyl (C=O) groups is 1. The van der Waals surface area contributed by atoms with Crippen LogP contribution >= 0.6 is 0 Å². The number of likely N-dealkylation sites (tertiary alicyclic amines) is 1. The van der Waals surface area contributed by atoms with E-state index in [2.05, 4.69) is 0 Å². The van der Waals surface area contributed by atoms with Gasteiger partial charge in [-0.2, -0.15) is 0 Å². The largest absolute Gasteiger partial charge is 0.494 e. The molecule has 1 amide bonds. The van der Waals surface area contributed by atoms with Crippen LogP contribution in [-0.4, -0.2) is 41.7 Å². The molecule has 2 rings (SSSR count). The quantitative estimate of drug-likeness (QED) is 0.895. The lowest BCUT2D eigenvalue weighted by Crippen LogP contribution is -2.40. The van der Waals surface area contributed by atoms with Gasteiger partial charge in [-0.15, -0.1) is 0 Å². The van der Waals surface area contributed by atoms with Gasteiger partial charge in [-0.1, -0.05) is 18.2 Å². The number of hydrogen-bond acceptors (Lipinski definition) is 3. The zero-order valence-corrected chi connectivity index (χ0v) is 12.0. The average Bonchev–Trinajstić information content (AvgIpc) is 2.47. The highest BCUT2D eigenvalue weighted by Crippen LogP contribution is 2.20. The molecule has 20 heavy (non-hydrogen) atoms. The van der Waals surface area contributed by atoms with E-state index >= 15 is 0 Å². The molecule has 0 spiro atoms. The van der Waals surface area contributed by atoms with E-state index in [-0.39, 0.29) is 12.0 Å². The van der Waals surface area contributed by atoms with E-state index in [9.17, 15) is 9.90 Å². The smallest absolute Gasteiger partial charge is 0.222 e. The maximum absolute atomic E-state index is 12.2. The zero-order chi connectivity index (χ0) is 14.4. The van der Waals surface area contributed by atoms with Crippen LogP contribution in [-0.2, 0) is 11.2 Å². The van der Waals surface area contributed by atoms with Crippen molar-refractivity contribution in [1.29, 1.82) is 0 Å². The number of nitrogens with zero attached hydrogens (tertiary/aromatic N) is 1. The van der Waals surface area contributed by atoms with Gasteiger partial charge in [-0.3, -0.25) is 4.79 Å². The fraction of sp³-hybridized carbons (Fsp3) is 0.562. The molecule has 4 heteroatoms. The molecule has 0 unspecified atom stereocenters. The molecule has 1 aromatic rings. The predicted molar refractivity (Wildman–Crippen MR) is 77.8 cm³/mol. The molecule has 0 bridgehead atoms. The van der Waals surface area contributed by atoms with E-state index in [1.807, 2.05) is 36.1 Å². The lowest BCUT2D eigenvalue weighted by atomic mass is 10.1. The molecule has 0 aliphatic carbocycles. The molecule has 1 aromatic carbocycles. The highest BCUT2D eigenvalue weighted by atomic mass is 16.5. The maximum Gasteiger partial charge on any atom is 0.222 e. The average molecular weight is 277 g/mol. The summed E-state index contributed by atoms with van der Waals surface area (Å²) in [6.07, 6.45) is 2.36. The third-order valence-corrected chi connectivity index (χ3v) is 3.70. The second-order valence-corrected chi connectivity index (χ2v) is 5.15. The Balaban J connectivity index is 1.87. The molecular weight excluding hydrogens is 254 g/mol. The first-order valence-electron chi connectivity index (χ1n) is 7.37. The molecular formula is C16H23NO3. The summed E-state index contributed by atoms with van der Waals surface area (Å²) < 4.78 is 5.57. The minimum absolute atomic E-state index is 0.170. The van der Waals surface area contributed by atoms with Gasteiger partial charge in [0.05, 0.1) is 12.7 Å². The number of benzene rings is 1. The number of hydrogen-bond donors (Lipinski definition) is 1. The van der Waals surface area contributed by atoms with Gasteiger partial charge in [0.1, 0.15) is 5.75 Å². The van der Waals surface area contributed by atoms with Gasteiger partial charge in [-0.05, 0) is 37.8 Å². The van der Waals surface area contributed by atoms with E-state index in [1.165, 1.54) is 0 Å². The van der Waals surface area contributed by atoms with Crippen LogP contribution in [0.2, 0.25) is 0 Å². The Morgan fingerprint density at radius 2 is 2.05 bits per heavy atom. The van der Waals surface area contributed by atoms with Gasteiger partial charge >= 0.3 is 0 Å². The van der Waals surface area contributed by atoms with Crippen LogP contribution in [0.4, 0.5) is 0 Å². The van der Waals surface area contributed by atoms with Gasteiger partial charge in [0.15, 0.2) is 0 Å². The van der Waals surface area contributed by atoms with Crippen molar-refractivity contribution in [2.24, 2.45) is 0 Å². The Labute approximate surface area is 120 Å². The summed E-state index contributed by atoms with van der Waals surface area (Å²) in [5, 5.41) is 9.46. The van der Waals surface area contributed by atoms with Gasteiger partial charge in [-0.25, -0.2) is 0 Å². The fourth-order valence-corrected chi connectivity index (χ4v) is 2.52. The number of aliphatic hydroxyl groups is 1. The molecule has 1 N–H and O–H groups in total. The molecule has 1 aliphatic heterocycles. The molecule has 4 nitrogen and oxygen atoms in total. The summed E-state index contributed by atoms with van der Waals surface area (Å²) in [5.74, 6) is 1.04. The van der Waals surface area contributed by atoms with Crippen LogP contribution in [0.15, 0.2) is 24.3 Å². The van der Waals surface area contributed by atoms with Gasteiger partial charge in [0, 0.05) is 19.5 Å². The first-order valence-corrected chi connectivity index (χ1v) is 7.37. The van der Waals surface area contributed by atoms with Crippen molar-refractivity contribution in [3.05, 3.63) is 29.8 Å². The number of aliphatic hydroxyl groups excluding tert-OH is 1. The Morgan fingerprint density at radius 1 is 1.35 bits per heavy atom. The molecule has 1 saturated heterocycles. The highest BCUT2D eigenvalue weighted by molar-refractivity contribution is 5.76. The monoisotopic (exact) mass is 277 g/mol. The second kappa shape index (κ2) is 7.29. The van der Waals surface area contributed by atoms with Gasteiger partial charge in [0.25, 0.3) is 0 Å². The van der Waals surface area contributed by atoms with Crippen molar-refractivity contribution in [2.45, 2.75) is 38.7 Å². The van der Waals surface area contributed by atoms with Crippen LogP contribution in [0.5, 0.6) is 5.75 Å². The van der Waals surface area contributed by atoms with Gasteiger partial charge < -0.3 is 14.7 Å². The SMILES string of the molecule is CCOc1ccccc1CCC(=O)N1CCC(O)CC1. The number of rotatable bonds is 5. The second-order valence-electron chi connectivity index (χ2n) is 5.15. The number of aryl methyl sites for hydroxylation is 1. The normalized spacial score (nSPS) is 16.2. The van der Waals surface area contributed by atoms with Crippen molar-refractivity contribution < 1.29 is 14.6 Å². The number of piperidine rings is 1. The molecule has 0 radical (unpaired) electrons. The van der Waals surface area contributed by atoms with Crippen LogP contribution < -0.4 is 4.74 Å². The number of amides is 1. The molecule has 110 valence electrons. The van der Waals surface area contributed by atoms with E-state index in [1.54, 1.807) is 0 Å². The van der Waals surface area contributed by atoms with Crippen LogP contribution in [0, 0.1) is 0 Å². The molecule has 0 aromatic heterocycles. The van der Waals surface area contributed by atoms with Crippen molar-refractivity contribution in [2.75, 3.05) is 19.7 Å². The number of para-hydroxylation sites is 1. The van der Waals surface area contributed by atoms with Crippen LogP contribution in [0.3, 0.4) is 0 Å². The third-order valence-electron chi connectivity index (χ3n) is 3.70. The first-order chi connectivity index (χ1) is 9.70. The topological polar surface area (TPSA) is 49.8 Å². The molecule has 0 saturated carbocycles. The van der Waals surface area contributed by atoms with Crippen LogP contribution in [0.25, 0.3) is 0 Å². The summed E-state index contributed by atoms with van der Waals surface area (Å²) in [6.45, 7) is 3.94. The van der Waals surface area contributed by atoms with Crippen molar-refractivity contribution in [1.82, 2.24) is 4.90 Å². The summed E-state index contributed by atoms with van der Waals surface area (Å²) in [4.78, 5) is 14.0. The van der Waals surface area contributed by atoms with E-state index in [0.717, 1.165) is 11.3 Å². The lowest BCUT2D eigenvalue weighted by molar-refractivity contribution is -0.133. The summed E-state index contributed by atoms with van der Waals surface area (Å²) in [6, 6.07) is 7.88. The number of ether oxygens (including phenoxy) is 1. The van der Waals surface area contributed by atoms with Crippen molar-refractivity contribution >= 4 is 5.91 Å². The van der Waals surface area contributed by atoms with Crippen molar-refractivity contribution in [3.8, 4) is 5.75 Å². The Bertz CT molecular complexity index is 439. The molecule has 1 heterocycles. The van der Waals surface area contributed by atoms with E-state index in [0.29, 0.717) is 45.4 Å². The summed E-state index contributed by atoms with van der Waals surface area (Å²) in [7, 11) is 0. The minimum atomic E-state index is -0.238. The van der Waals surface area contributed by atoms with E-state index < -0.39 is 0 Å². The van der Waals surface area contributed by atoms with E-state index in [4.69, 9.17) is 4.74 Å². The minimum Gasteiger partial charge on any atom is -0.494 e. The third kappa shape index (κ3) is 3.97. The predicted octanol–water partition coefficient (Wildman–Crippen LogP) is 2.00. The summed E-state index contributed by atoms with van der Waals surface area (Å²) >= 11 is 0. The standard InChI is InChI=1S/C16H23NO3/c1-2-20-15-6-4-3-5-13(15)7-8-16(19)17-11-9-14(18)10-12-17/h3-6,14,18H,2,7-12H2,1H3. The number of carbonyl (C=O) groups excluding carboxylic acids is 1. The Kier molecular flexibility index (Phi) is 5.41. The lowest BCUT2D eigenvalue weighted by Gasteiger charge is -2.29. The Hall–Kier alpha value is -1.55. The maximum atomic E-state index is 12.2. The zero-order valence-electron chi connectivity index (χ0n) is 12.0. The van der Waals surface area contributed by atoms with Crippen LogP contribution in [0.1, 0.15) is 31.7 Å². The molecule has 1 aliphatic rings. The van der Waals surface area contributed by atoms with Gasteiger partial charge in [0.2, 0.25) is 5.91 Å².